The lowest BCUT2D eigenvalue weighted by Gasteiger charge is -2.37. The van der Waals surface area contributed by atoms with Crippen LogP contribution >= 0.6 is 0 Å². The SMILES string of the molecule is Bc1cc(C=O)c(NC2CCOCC2)c(B)c1N1CCN(C)CC1. The molecule has 0 unspecified atom stereocenters. The quantitative estimate of drug-likeness (QED) is 0.531. The maximum atomic E-state index is 11.6. The number of anilines is 2. The van der Waals surface area contributed by atoms with Crippen LogP contribution in [0.4, 0.5) is 11.4 Å². The highest BCUT2D eigenvalue weighted by atomic mass is 16.5. The van der Waals surface area contributed by atoms with Gasteiger partial charge < -0.3 is 19.9 Å². The van der Waals surface area contributed by atoms with E-state index in [4.69, 9.17) is 4.74 Å². The Bertz CT molecular complexity index is 598. The Balaban J connectivity index is 1.91. The lowest BCUT2D eigenvalue weighted by Crippen LogP contribution is -2.48. The molecule has 1 aromatic rings. The van der Waals surface area contributed by atoms with Gasteiger partial charge in [-0.25, -0.2) is 0 Å². The zero-order valence-electron chi connectivity index (χ0n) is 15.1. The predicted octanol–water partition coefficient (Wildman–Crippen LogP) is -1.64. The third kappa shape index (κ3) is 3.62. The van der Waals surface area contributed by atoms with E-state index in [0.29, 0.717) is 6.04 Å². The zero-order chi connectivity index (χ0) is 17.1. The fraction of sp³-hybridized carbons (Fsp3) is 0.588. The Kier molecular flexibility index (Phi) is 5.51. The molecule has 0 aromatic heterocycles. The number of carbonyl (C=O) groups excluding carboxylic acids is 1. The molecule has 7 heteroatoms. The van der Waals surface area contributed by atoms with Gasteiger partial charge in [0.15, 0.2) is 6.29 Å². The number of rotatable bonds is 4. The fourth-order valence-electron chi connectivity index (χ4n) is 3.85. The van der Waals surface area contributed by atoms with Crippen molar-refractivity contribution in [1.29, 1.82) is 0 Å². The average Bonchev–Trinajstić information content (AvgIpc) is 2.60. The van der Waals surface area contributed by atoms with Crippen LogP contribution in [0.15, 0.2) is 6.07 Å². The smallest absolute Gasteiger partial charge is 0.152 e. The van der Waals surface area contributed by atoms with Crippen LogP contribution in [0, 0.1) is 0 Å². The third-order valence-electron chi connectivity index (χ3n) is 5.28. The number of piperazine rings is 1. The summed E-state index contributed by atoms with van der Waals surface area (Å²) < 4.78 is 5.45. The molecule has 0 atom stereocenters. The maximum Gasteiger partial charge on any atom is 0.152 e. The third-order valence-corrected chi connectivity index (χ3v) is 5.28. The molecular formula is C17H27B2N3O2. The van der Waals surface area contributed by atoms with Gasteiger partial charge in [-0.1, -0.05) is 11.5 Å². The van der Waals surface area contributed by atoms with E-state index in [-0.39, 0.29) is 0 Å². The number of hydrogen-bond acceptors (Lipinski definition) is 5. The van der Waals surface area contributed by atoms with Crippen molar-refractivity contribution in [2.24, 2.45) is 0 Å². The van der Waals surface area contributed by atoms with Gasteiger partial charge in [-0.3, -0.25) is 4.79 Å². The van der Waals surface area contributed by atoms with E-state index < -0.39 is 0 Å². The number of aldehydes is 1. The molecule has 1 aromatic carbocycles. The average molecular weight is 327 g/mol. The molecule has 0 bridgehead atoms. The van der Waals surface area contributed by atoms with Gasteiger partial charge in [-0.05, 0) is 25.4 Å². The second-order valence-corrected chi connectivity index (χ2v) is 7.07. The van der Waals surface area contributed by atoms with Crippen LogP contribution in [-0.4, -0.2) is 79.4 Å². The molecule has 0 saturated carbocycles. The Hall–Kier alpha value is -1.46. The second-order valence-electron chi connectivity index (χ2n) is 7.07. The lowest BCUT2D eigenvalue weighted by atomic mass is 9.80. The molecule has 0 aliphatic carbocycles. The number of hydrogen-bond donors (Lipinski definition) is 1. The standard InChI is InChI=1S/C17H27B2N3O2/c1-21-4-6-22(7-5-21)17-14(18)10-12(11-23)16(15(17)19)20-13-2-8-24-9-3-13/h10-11,13,20H,2-9,18-19H2,1H3. The van der Waals surface area contributed by atoms with Crippen molar-refractivity contribution >= 4 is 44.3 Å². The minimum atomic E-state index is 0.388. The first-order valence-corrected chi connectivity index (χ1v) is 8.97. The Morgan fingerprint density at radius 2 is 1.88 bits per heavy atom. The first kappa shape index (κ1) is 17.4. The number of likely N-dealkylation sites (N-methyl/N-ethyl adjacent to an activating group) is 1. The van der Waals surface area contributed by atoms with Crippen LogP contribution in [0.3, 0.4) is 0 Å². The summed E-state index contributed by atoms with van der Waals surface area (Å²) in [6, 6.07) is 2.43. The van der Waals surface area contributed by atoms with Crippen molar-refractivity contribution in [3.8, 4) is 0 Å². The van der Waals surface area contributed by atoms with Crippen molar-refractivity contribution in [3.63, 3.8) is 0 Å². The van der Waals surface area contributed by atoms with Crippen molar-refractivity contribution < 1.29 is 9.53 Å². The van der Waals surface area contributed by atoms with E-state index >= 15 is 0 Å². The molecule has 5 nitrogen and oxygen atoms in total. The number of ether oxygens (including phenoxy) is 1. The van der Waals surface area contributed by atoms with Gasteiger partial charge >= 0.3 is 0 Å². The summed E-state index contributed by atoms with van der Waals surface area (Å²) in [5.41, 5.74) is 5.47. The molecule has 3 rings (SSSR count). The highest BCUT2D eigenvalue weighted by Crippen LogP contribution is 2.21. The van der Waals surface area contributed by atoms with E-state index in [9.17, 15) is 4.79 Å². The highest BCUT2D eigenvalue weighted by molar-refractivity contribution is 6.47. The summed E-state index contributed by atoms with van der Waals surface area (Å²) in [6.07, 6.45) is 2.97. The van der Waals surface area contributed by atoms with Gasteiger partial charge in [0.1, 0.15) is 15.7 Å². The molecule has 2 heterocycles. The Morgan fingerprint density at radius 1 is 1.21 bits per heavy atom. The van der Waals surface area contributed by atoms with Gasteiger partial charge in [0.2, 0.25) is 0 Å². The van der Waals surface area contributed by atoms with Gasteiger partial charge in [0.25, 0.3) is 0 Å². The Morgan fingerprint density at radius 3 is 2.50 bits per heavy atom. The van der Waals surface area contributed by atoms with Crippen molar-refractivity contribution in [3.05, 3.63) is 11.6 Å². The predicted molar refractivity (Wildman–Crippen MR) is 105 cm³/mol. The first-order valence-electron chi connectivity index (χ1n) is 8.97. The van der Waals surface area contributed by atoms with Crippen molar-refractivity contribution in [2.75, 3.05) is 56.7 Å². The maximum absolute atomic E-state index is 11.6. The van der Waals surface area contributed by atoms with Gasteiger partial charge in [-0.15, -0.1) is 0 Å². The molecule has 128 valence electrons. The number of carbonyl (C=O) groups is 1. The highest BCUT2D eigenvalue weighted by Gasteiger charge is 2.22. The zero-order valence-corrected chi connectivity index (χ0v) is 15.1. The van der Waals surface area contributed by atoms with E-state index in [2.05, 4.69) is 37.9 Å². The topological polar surface area (TPSA) is 44.8 Å². The van der Waals surface area contributed by atoms with E-state index in [1.165, 1.54) is 16.6 Å². The summed E-state index contributed by atoms with van der Waals surface area (Å²) in [5, 5.41) is 3.64. The van der Waals surface area contributed by atoms with Gasteiger partial charge in [-0.2, -0.15) is 0 Å². The van der Waals surface area contributed by atoms with Crippen LogP contribution in [0.5, 0.6) is 0 Å². The minimum Gasteiger partial charge on any atom is -0.382 e. The molecule has 24 heavy (non-hydrogen) atoms. The number of nitrogens with one attached hydrogen (secondary N) is 1. The molecule has 0 radical (unpaired) electrons. The van der Waals surface area contributed by atoms with Crippen LogP contribution in [0.1, 0.15) is 23.2 Å². The van der Waals surface area contributed by atoms with Crippen molar-refractivity contribution in [2.45, 2.75) is 18.9 Å². The normalized spacial score (nSPS) is 20.1. The van der Waals surface area contributed by atoms with E-state index in [1.54, 1.807) is 0 Å². The molecule has 2 aliphatic rings. The summed E-state index contributed by atoms with van der Waals surface area (Å²) in [4.78, 5) is 16.4. The second kappa shape index (κ2) is 7.62. The Labute approximate surface area is 146 Å². The summed E-state index contributed by atoms with van der Waals surface area (Å²) >= 11 is 0. The molecular weight excluding hydrogens is 300 g/mol. The number of nitrogens with zero attached hydrogens (tertiary/aromatic N) is 2. The monoisotopic (exact) mass is 327 g/mol. The first-order chi connectivity index (χ1) is 11.6. The molecule has 2 saturated heterocycles. The molecule has 2 aliphatic heterocycles. The number of benzene rings is 1. The fourth-order valence-corrected chi connectivity index (χ4v) is 3.85. The van der Waals surface area contributed by atoms with E-state index in [0.717, 1.165) is 69.8 Å². The molecule has 1 N–H and O–H groups in total. The minimum absolute atomic E-state index is 0.388. The van der Waals surface area contributed by atoms with Crippen LogP contribution in [0.25, 0.3) is 0 Å². The van der Waals surface area contributed by atoms with E-state index in [1.807, 2.05) is 6.07 Å². The summed E-state index contributed by atoms with van der Waals surface area (Å²) in [7, 11) is 6.44. The molecule has 0 spiro atoms. The molecule has 2 fully saturated rings. The van der Waals surface area contributed by atoms with Gasteiger partial charge in [0, 0.05) is 62.4 Å². The van der Waals surface area contributed by atoms with Crippen molar-refractivity contribution in [1.82, 2.24) is 4.90 Å². The molecule has 0 amide bonds. The summed E-state index contributed by atoms with van der Waals surface area (Å²) in [6.45, 7) is 5.83. The van der Waals surface area contributed by atoms with Crippen LogP contribution in [-0.2, 0) is 4.74 Å². The van der Waals surface area contributed by atoms with Crippen LogP contribution < -0.4 is 21.1 Å². The largest absolute Gasteiger partial charge is 0.382 e. The lowest BCUT2D eigenvalue weighted by molar-refractivity contribution is 0.0904. The summed E-state index contributed by atoms with van der Waals surface area (Å²) in [5.74, 6) is 0. The van der Waals surface area contributed by atoms with Crippen LogP contribution in [0.2, 0.25) is 0 Å². The van der Waals surface area contributed by atoms with Gasteiger partial charge in [0.05, 0.1) is 0 Å².